The highest BCUT2D eigenvalue weighted by molar-refractivity contribution is 5.90. The lowest BCUT2D eigenvalue weighted by atomic mass is 9.97. The number of carbonyl (C=O) groups is 1. The van der Waals surface area contributed by atoms with Crippen molar-refractivity contribution in [3.63, 3.8) is 0 Å². The molecule has 0 radical (unpaired) electrons. The Bertz CT molecular complexity index is 677. The summed E-state index contributed by atoms with van der Waals surface area (Å²) in [6, 6.07) is 6.98. The van der Waals surface area contributed by atoms with Crippen molar-refractivity contribution in [1.29, 1.82) is 0 Å². The number of amides is 2. The number of carbonyl (C=O) groups excluding carboxylic acids is 1. The molecule has 6 heteroatoms. The van der Waals surface area contributed by atoms with E-state index in [0.717, 1.165) is 18.4 Å². The maximum absolute atomic E-state index is 12.5. The molecule has 1 aromatic heterocycles. The van der Waals surface area contributed by atoms with E-state index in [1.807, 2.05) is 24.3 Å². The molecule has 3 rings (SSSR count). The highest BCUT2D eigenvalue weighted by Crippen LogP contribution is 2.28. The molecule has 2 N–H and O–H groups in total. The molecule has 2 heterocycles. The fraction of sp³-hybridized carbons (Fsp3) is 0.412. The standard InChI is InChI=1S/C17H21N3O3/c1-17(2,22)14-7-4-9-20(14)16(21)19-13-6-3-5-12(11-13)15-18-8-10-23-15/h3,5-6,8,10-11,14,22H,4,7,9H2,1-2H3,(H,19,21). The lowest BCUT2D eigenvalue weighted by Crippen LogP contribution is -2.49. The summed E-state index contributed by atoms with van der Waals surface area (Å²) in [6.45, 7) is 4.14. The van der Waals surface area contributed by atoms with E-state index < -0.39 is 5.60 Å². The van der Waals surface area contributed by atoms with Gasteiger partial charge in [0, 0.05) is 17.8 Å². The second kappa shape index (κ2) is 6.04. The summed E-state index contributed by atoms with van der Waals surface area (Å²) in [4.78, 5) is 18.3. The number of rotatable bonds is 3. The zero-order valence-electron chi connectivity index (χ0n) is 13.3. The van der Waals surface area contributed by atoms with Gasteiger partial charge in [0.25, 0.3) is 0 Å². The van der Waals surface area contributed by atoms with Crippen LogP contribution in [0.4, 0.5) is 10.5 Å². The van der Waals surface area contributed by atoms with Crippen molar-refractivity contribution in [3.8, 4) is 11.5 Å². The molecule has 6 nitrogen and oxygen atoms in total. The fourth-order valence-corrected chi connectivity index (χ4v) is 3.04. The summed E-state index contributed by atoms with van der Waals surface area (Å²) in [5, 5.41) is 13.1. The van der Waals surface area contributed by atoms with Crippen molar-refractivity contribution in [1.82, 2.24) is 9.88 Å². The lowest BCUT2D eigenvalue weighted by molar-refractivity contribution is 0.0117. The predicted octanol–water partition coefficient (Wildman–Crippen LogP) is 3.11. The van der Waals surface area contributed by atoms with Crippen LogP contribution in [0.15, 0.2) is 41.1 Å². The average molecular weight is 315 g/mol. The molecule has 0 aliphatic carbocycles. The summed E-state index contributed by atoms with van der Waals surface area (Å²) in [6.07, 6.45) is 4.81. The number of aromatic nitrogens is 1. The van der Waals surface area contributed by atoms with Gasteiger partial charge >= 0.3 is 6.03 Å². The van der Waals surface area contributed by atoms with Crippen LogP contribution < -0.4 is 5.32 Å². The molecule has 1 saturated heterocycles. The van der Waals surface area contributed by atoms with Gasteiger partial charge < -0.3 is 19.7 Å². The number of benzene rings is 1. The molecule has 1 aliphatic rings. The molecule has 0 saturated carbocycles. The Labute approximate surface area is 135 Å². The van der Waals surface area contributed by atoms with Crippen LogP contribution in [0.2, 0.25) is 0 Å². The number of urea groups is 1. The summed E-state index contributed by atoms with van der Waals surface area (Å²) in [7, 11) is 0. The first kappa shape index (κ1) is 15.6. The van der Waals surface area contributed by atoms with Gasteiger partial charge in [0.15, 0.2) is 0 Å². The van der Waals surface area contributed by atoms with E-state index in [9.17, 15) is 9.90 Å². The molecule has 1 aromatic carbocycles. The molecule has 2 aromatic rings. The Hall–Kier alpha value is -2.34. The van der Waals surface area contributed by atoms with E-state index >= 15 is 0 Å². The van der Waals surface area contributed by atoms with Crippen LogP contribution in [-0.4, -0.2) is 39.2 Å². The number of aliphatic hydroxyl groups is 1. The number of oxazole rings is 1. The van der Waals surface area contributed by atoms with Gasteiger partial charge in [-0.05, 0) is 44.9 Å². The second-order valence-electron chi connectivity index (χ2n) is 6.35. The summed E-state index contributed by atoms with van der Waals surface area (Å²) in [5.41, 5.74) is 0.564. The van der Waals surface area contributed by atoms with Gasteiger partial charge in [0.1, 0.15) is 6.26 Å². The topological polar surface area (TPSA) is 78.6 Å². The summed E-state index contributed by atoms with van der Waals surface area (Å²) < 4.78 is 5.27. The number of nitrogens with one attached hydrogen (secondary N) is 1. The van der Waals surface area contributed by atoms with E-state index in [2.05, 4.69) is 10.3 Å². The van der Waals surface area contributed by atoms with Crippen molar-refractivity contribution in [2.75, 3.05) is 11.9 Å². The monoisotopic (exact) mass is 315 g/mol. The Morgan fingerprint density at radius 3 is 3.00 bits per heavy atom. The van der Waals surface area contributed by atoms with Gasteiger partial charge in [-0.3, -0.25) is 0 Å². The van der Waals surface area contributed by atoms with Gasteiger partial charge in [-0.2, -0.15) is 0 Å². The number of hydrogen-bond donors (Lipinski definition) is 2. The summed E-state index contributed by atoms with van der Waals surface area (Å²) in [5.74, 6) is 0.511. The van der Waals surface area contributed by atoms with E-state index in [4.69, 9.17) is 4.42 Å². The van der Waals surface area contributed by atoms with Crippen molar-refractivity contribution >= 4 is 11.7 Å². The van der Waals surface area contributed by atoms with E-state index in [1.165, 1.54) is 6.26 Å². The van der Waals surface area contributed by atoms with E-state index in [-0.39, 0.29) is 12.1 Å². The molecule has 23 heavy (non-hydrogen) atoms. The van der Waals surface area contributed by atoms with Crippen LogP contribution in [0.5, 0.6) is 0 Å². The normalized spacial score (nSPS) is 18.2. The largest absolute Gasteiger partial charge is 0.445 e. The molecule has 2 amide bonds. The van der Waals surface area contributed by atoms with Crippen molar-refractivity contribution < 1.29 is 14.3 Å². The van der Waals surface area contributed by atoms with Crippen LogP contribution in [0, 0.1) is 0 Å². The maximum atomic E-state index is 12.5. The molecule has 122 valence electrons. The van der Waals surface area contributed by atoms with Crippen molar-refractivity contribution in [2.45, 2.75) is 38.3 Å². The maximum Gasteiger partial charge on any atom is 0.322 e. The number of likely N-dealkylation sites (tertiary alicyclic amines) is 1. The van der Waals surface area contributed by atoms with Gasteiger partial charge in [-0.15, -0.1) is 0 Å². The molecule has 1 atom stereocenters. The molecular formula is C17H21N3O3. The minimum absolute atomic E-state index is 0.169. The third-order valence-electron chi connectivity index (χ3n) is 4.12. The van der Waals surface area contributed by atoms with Gasteiger partial charge in [-0.25, -0.2) is 9.78 Å². The Morgan fingerprint density at radius 1 is 1.48 bits per heavy atom. The van der Waals surface area contributed by atoms with Gasteiger partial charge in [0.05, 0.1) is 17.8 Å². The first-order valence-electron chi connectivity index (χ1n) is 7.75. The number of anilines is 1. The third-order valence-corrected chi connectivity index (χ3v) is 4.12. The first-order valence-corrected chi connectivity index (χ1v) is 7.75. The Morgan fingerprint density at radius 2 is 2.30 bits per heavy atom. The lowest BCUT2D eigenvalue weighted by Gasteiger charge is -2.33. The van der Waals surface area contributed by atoms with E-state index in [0.29, 0.717) is 18.1 Å². The Balaban J connectivity index is 1.74. The Kier molecular flexibility index (Phi) is 4.09. The van der Waals surface area contributed by atoms with Crippen molar-refractivity contribution in [2.24, 2.45) is 0 Å². The van der Waals surface area contributed by atoms with Gasteiger partial charge in [-0.1, -0.05) is 6.07 Å². The molecule has 1 aliphatic heterocycles. The quantitative estimate of drug-likeness (QED) is 0.912. The highest BCUT2D eigenvalue weighted by Gasteiger charge is 2.38. The van der Waals surface area contributed by atoms with Gasteiger partial charge in [0.2, 0.25) is 5.89 Å². The van der Waals surface area contributed by atoms with Crippen molar-refractivity contribution in [3.05, 3.63) is 36.7 Å². The molecule has 0 bridgehead atoms. The van der Waals surface area contributed by atoms with Crippen LogP contribution in [-0.2, 0) is 0 Å². The smallest absolute Gasteiger partial charge is 0.322 e. The molecule has 1 unspecified atom stereocenters. The number of hydrogen-bond acceptors (Lipinski definition) is 4. The molecule has 1 fully saturated rings. The minimum Gasteiger partial charge on any atom is -0.445 e. The zero-order valence-corrected chi connectivity index (χ0v) is 13.3. The van der Waals surface area contributed by atoms with Crippen LogP contribution in [0.1, 0.15) is 26.7 Å². The minimum atomic E-state index is -0.909. The number of nitrogens with zero attached hydrogens (tertiary/aromatic N) is 2. The first-order chi connectivity index (χ1) is 10.9. The van der Waals surface area contributed by atoms with Crippen LogP contribution >= 0.6 is 0 Å². The molecule has 0 spiro atoms. The van der Waals surface area contributed by atoms with Crippen LogP contribution in [0.25, 0.3) is 11.5 Å². The van der Waals surface area contributed by atoms with Crippen LogP contribution in [0.3, 0.4) is 0 Å². The summed E-state index contributed by atoms with van der Waals surface area (Å²) >= 11 is 0. The fourth-order valence-electron chi connectivity index (χ4n) is 3.04. The van der Waals surface area contributed by atoms with E-state index in [1.54, 1.807) is 24.9 Å². The SMILES string of the molecule is CC(C)(O)C1CCCN1C(=O)Nc1cccc(-c2ncco2)c1. The predicted molar refractivity (Wildman–Crippen MR) is 87.0 cm³/mol. The average Bonchev–Trinajstić information content (AvgIpc) is 3.18. The highest BCUT2D eigenvalue weighted by atomic mass is 16.3. The zero-order chi connectivity index (χ0) is 16.4. The third kappa shape index (κ3) is 3.37. The molecular weight excluding hydrogens is 294 g/mol. The second-order valence-corrected chi connectivity index (χ2v) is 6.35.